The van der Waals surface area contributed by atoms with Crippen LogP contribution in [0, 0.1) is 11.3 Å². The fourth-order valence-electron chi connectivity index (χ4n) is 2.60. The summed E-state index contributed by atoms with van der Waals surface area (Å²) < 4.78 is 0. The van der Waals surface area contributed by atoms with Gasteiger partial charge in [-0.05, 0) is 30.7 Å². The van der Waals surface area contributed by atoms with Crippen LogP contribution in [0.25, 0.3) is 0 Å². The van der Waals surface area contributed by atoms with E-state index in [1.165, 1.54) is 6.42 Å². The van der Waals surface area contributed by atoms with Crippen molar-refractivity contribution in [2.75, 3.05) is 37.6 Å². The van der Waals surface area contributed by atoms with Crippen molar-refractivity contribution in [3.63, 3.8) is 0 Å². The highest BCUT2D eigenvalue weighted by Crippen LogP contribution is 2.17. The number of nitrogens with one attached hydrogen (secondary N) is 1. The lowest BCUT2D eigenvalue weighted by molar-refractivity contribution is 0.194. The van der Waals surface area contributed by atoms with E-state index in [9.17, 15) is 4.79 Å². The molecule has 2 rings (SSSR count). The van der Waals surface area contributed by atoms with E-state index in [2.05, 4.69) is 23.2 Å². The SMILES string of the molecule is CCCCCNC(=O)N1CCN(c2ccc(C#N)cc2)CC1. The van der Waals surface area contributed by atoms with Crippen molar-refractivity contribution in [2.45, 2.75) is 26.2 Å². The molecule has 1 saturated heterocycles. The Kier molecular flexibility index (Phi) is 6.08. The number of unbranched alkanes of at least 4 members (excludes halogenated alkanes) is 2. The minimum Gasteiger partial charge on any atom is -0.368 e. The van der Waals surface area contributed by atoms with Gasteiger partial charge < -0.3 is 15.1 Å². The van der Waals surface area contributed by atoms with Crippen LogP contribution in [-0.2, 0) is 0 Å². The van der Waals surface area contributed by atoms with E-state index in [-0.39, 0.29) is 6.03 Å². The van der Waals surface area contributed by atoms with Gasteiger partial charge in [-0.2, -0.15) is 5.26 Å². The molecule has 1 aliphatic heterocycles. The molecule has 2 amide bonds. The number of amides is 2. The van der Waals surface area contributed by atoms with Gasteiger partial charge in [0.1, 0.15) is 0 Å². The highest BCUT2D eigenvalue weighted by Gasteiger charge is 2.20. The summed E-state index contributed by atoms with van der Waals surface area (Å²) in [5.74, 6) is 0. The molecular weight excluding hydrogens is 276 g/mol. The molecule has 0 spiro atoms. The van der Waals surface area contributed by atoms with Crippen molar-refractivity contribution in [2.24, 2.45) is 0 Å². The van der Waals surface area contributed by atoms with Crippen LogP contribution in [0.5, 0.6) is 0 Å². The largest absolute Gasteiger partial charge is 0.368 e. The van der Waals surface area contributed by atoms with Crippen molar-refractivity contribution >= 4 is 11.7 Å². The Morgan fingerprint density at radius 3 is 2.45 bits per heavy atom. The molecule has 0 bridgehead atoms. The number of rotatable bonds is 5. The van der Waals surface area contributed by atoms with Gasteiger partial charge in [0.05, 0.1) is 11.6 Å². The third-order valence-electron chi connectivity index (χ3n) is 3.98. The zero-order valence-electron chi connectivity index (χ0n) is 13.2. The molecule has 1 fully saturated rings. The summed E-state index contributed by atoms with van der Waals surface area (Å²) in [6.45, 7) is 6.05. The van der Waals surface area contributed by atoms with Crippen LogP contribution in [0.4, 0.5) is 10.5 Å². The van der Waals surface area contributed by atoms with Crippen molar-refractivity contribution in [1.29, 1.82) is 5.26 Å². The quantitative estimate of drug-likeness (QED) is 0.850. The Labute approximate surface area is 132 Å². The molecule has 5 heteroatoms. The van der Waals surface area contributed by atoms with Crippen LogP contribution in [0.1, 0.15) is 31.7 Å². The smallest absolute Gasteiger partial charge is 0.317 e. The maximum Gasteiger partial charge on any atom is 0.317 e. The second-order valence-electron chi connectivity index (χ2n) is 5.57. The van der Waals surface area contributed by atoms with E-state index in [4.69, 9.17) is 5.26 Å². The molecule has 22 heavy (non-hydrogen) atoms. The molecule has 1 N–H and O–H groups in total. The summed E-state index contributed by atoms with van der Waals surface area (Å²) in [4.78, 5) is 16.2. The summed E-state index contributed by atoms with van der Waals surface area (Å²) in [5.41, 5.74) is 1.79. The number of hydrogen-bond acceptors (Lipinski definition) is 3. The second kappa shape index (κ2) is 8.28. The lowest BCUT2D eigenvalue weighted by Gasteiger charge is -2.36. The van der Waals surface area contributed by atoms with Gasteiger partial charge in [-0.3, -0.25) is 0 Å². The van der Waals surface area contributed by atoms with Gasteiger partial charge >= 0.3 is 6.03 Å². The molecule has 0 aromatic heterocycles. The molecule has 1 aliphatic rings. The van der Waals surface area contributed by atoms with Crippen LogP contribution < -0.4 is 10.2 Å². The predicted octanol–water partition coefficient (Wildman–Crippen LogP) is 2.58. The number of urea groups is 1. The zero-order valence-corrected chi connectivity index (χ0v) is 13.2. The van der Waals surface area contributed by atoms with Crippen molar-refractivity contribution in [1.82, 2.24) is 10.2 Å². The Morgan fingerprint density at radius 2 is 1.86 bits per heavy atom. The fraction of sp³-hybridized carbons (Fsp3) is 0.529. The molecule has 5 nitrogen and oxygen atoms in total. The average Bonchev–Trinajstić information content (AvgIpc) is 2.59. The number of nitriles is 1. The summed E-state index contributed by atoms with van der Waals surface area (Å²) in [6, 6.07) is 9.79. The van der Waals surface area contributed by atoms with Crippen molar-refractivity contribution < 1.29 is 4.79 Å². The van der Waals surface area contributed by atoms with Crippen LogP contribution in [0.15, 0.2) is 24.3 Å². The van der Waals surface area contributed by atoms with Gasteiger partial charge in [-0.25, -0.2) is 4.79 Å². The van der Waals surface area contributed by atoms with Crippen LogP contribution in [-0.4, -0.2) is 43.7 Å². The minimum atomic E-state index is 0.0515. The molecule has 1 aromatic rings. The molecule has 0 aliphatic carbocycles. The number of anilines is 1. The summed E-state index contributed by atoms with van der Waals surface area (Å²) in [7, 11) is 0. The van der Waals surface area contributed by atoms with Crippen LogP contribution in [0.2, 0.25) is 0 Å². The van der Waals surface area contributed by atoms with Gasteiger partial charge in [0, 0.05) is 38.4 Å². The van der Waals surface area contributed by atoms with Gasteiger partial charge in [0.25, 0.3) is 0 Å². The summed E-state index contributed by atoms with van der Waals surface area (Å²) in [5, 5.41) is 11.8. The Morgan fingerprint density at radius 1 is 1.18 bits per heavy atom. The first-order chi connectivity index (χ1) is 10.7. The predicted molar refractivity (Wildman–Crippen MR) is 87.9 cm³/mol. The first-order valence-electron chi connectivity index (χ1n) is 8.02. The average molecular weight is 300 g/mol. The van der Waals surface area contributed by atoms with Crippen molar-refractivity contribution in [3.05, 3.63) is 29.8 Å². The van der Waals surface area contributed by atoms with E-state index in [0.29, 0.717) is 5.56 Å². The first kappa shape index (κ1) is 16.2. The van der Waals surface area contributed by atoms with Gasteiger partial charge in [0.2, 0.25) is 0 Å². The Hall–Kier alpha value is -2.22. The number of hydrogen-bond donors (Lipinski definition) is 1. The molecule has 0 atom stereocenters. The van der Waals surface area contributed by atoms with Crippen LogP contribution in [0.3, 0.4) is 0 Å². The van der Waals surface area contributed by atoms with E-state index >= 15 is 0 Å². The molecule has 1 heterocycles. The van der Waals surface area contributed by atoms with Gasteiger partial charge in [-0.15, -0.1) is 0 Å². The molecular formula is C17H24N4O. The normalized spacial score (nSPS) is 14.5. The fourth-order valence-corrected chi connectivity index (χ4v) is 2.60. The highest BCUT2D eigenvalue weighted by atomic mass is 16.2. The number of nitrogens with zero attached hydrogens (tertiary/aromatic N) is 3. The Bertz CT molecular complexity index is 512. The van der Waals surface area contributed by atoms with E-state index in [1.807, 2.05) is 29.2 Å². The third-order valence-corrected chi connectivity index (χ3v) is 3.98. The summed E-state index contributed by atoms with van der Waals surface area (Å²) >= 11 is 0. The maximum atomic E-state index is 12.0. The summed E-state index contributed by atoms with van der Waals surface area (Å²) in [6.07, 6.45) is 3.37. The number of piperazine rings is 1. The Balaban J connectivity index is 1.77. The number of carbonyl (C=O) groups excluding carboxylic acids is 1. The standard InChI is InChI=1S/C17H24N4O/c1-2-3-4-9-19-17(22)21-12-10-20(11-13-21)16-7-5-15(14-18)6-8-16/h5-8H,2-4,9-13H2,1H3,(H,19,22). The van der Waals surface area contributed by atoms with Crippen molar-refractivity contribution in [3.8, 4) is 6.07 Å². The van der Waals surface area contributed by atoms with Crippen LogP contribution >= 0.6 is 0 Å². The minimum absolute atomic E-state index is 0.0515. The molecule has 0 unspecified atom stereocenters. The monoisotopic (exact) mass is 300 g/mol. The zero-order chi connectivity index (χ0) is 15.8. The topological polar surface area (TPSA) is 59.4 Å². The number of benzene rings is 1. The molecule has 0 saturated carbocycles. The first-order valence-corrected chi connectivity index (χ1v) is 8.02. The van der Waals surface area contributed by atoms with Gasteiger partial charge in [-0.1, -0.05) is 19.8 Å². The highest BCUT2D eigenvalue weighted by molar-refractivity contribution is 5.74. The third kappa shape index (κ3) is 4.39. The molecule has 118 valence electrons. The number of carbonyl (C=O) groups is 1. The lowest BCUT2D eigenvalue weighted by atomic mass is 10.2. The van der Waals surface area contributed by atoms with E-state index in [0.717, 1.165) is 51.3 Å². The van der Waals surface area contributed by atoms with E-state index in [1.54, 1.807) is 0 Å². The second-order valence-corrected chi connectivity index (χ2v) is 5.57. The molecule has 0 radical (unpaired) electrons. The van der Waals surface area contributed by atoms with Gasteiger partial charge in [0.15, 0.2) is 0 Å². The lowest BCUT2D eigenvalue weighted by Crippen LogP contribution is -2.52. The molecule has 1 aromatic carbocycles. The van der Waals surface area contributed by atoms with E-state index < -0.39 is 0 Å². The maximum absolute atomic E-state index is 12.0.